The van der Waals surface area contributed by atoms with Gasteiger partial charge >= 0.3 is 5.97 Å². The molecule has 0 aromatic carbocycles. The van der Waals surface area contributed by atoms with E-state index >= 15 is 0 Å². The number of thioether (sulfide) groups is 1. The molecule has 2 amide bonds. The Balaban J connectivity index is 1.54. The number of hydrogen-bond donors (Lipinski definition) is 4. The van der Waals surface area contributed by atoms with Gasteiger partial charge in [0.1, 0.15) is 26.1 Å². The Labute approximate surface area is 201 Å². The Hall–Kier alpha value is -2.46. The number of nitrogens with two attached hydrogens (primary N) is 1. The van der Waals surface area contributed by atoms with Crippen molar-refractivity contribution in [2.45, 2.75) is 30.0 Å². The van der Waals surface area contributed by atoms with Gasteiger partial charge in [0.15, 0.2) is 15.9 Å². The normalized spacial score (nSPS) is 20.8. The maximum atomic E-state index is 12.8. The second-order valence-electron chi connectivity index (χ2n) is 6.42. The number of β-lactam (4-membered cyclic amide) rings is 1. The number of carboxylic acids is 1. The predicted molar refractivity (Wildman–Crippen MR) is 117 cm³/mol. The van der Waals surface area contributed by atoms with Gasteiger partial charge in [-0.15, -0.1) is 5.10 Å². The lowest BCUT2D eigenvalue weighted by molar-refractivity contribution is -0.155. The van der Waals surface area contributed by atoms with E-state index in [0.29, 0.717) is 27.1 Å². The van der Waals surface area contributed by atoms with Gasteiger partial charge in [-0.2, -0.15) is 0 Å². The van der Waals surface area contributed by atoms with Crippen molar-refractivity contribution in [1.29, 1.82) is 0 Å². The molecule has 32 heavy (non-hydrogen) atoms. The first-order valence-electron chi connectivity index (χ1n) is 8.63. The number of anilines is 1. The number of nitrogens with one attached hydrogen (secondary N) is 1. The van der Waals surface area contributed by atoms with Gasteiger partial charge in [-0.25, -0.2) is 9.78 Å². The molecule has 5 N–H and O–H groups in total. The summed E-state index contributed by atoms with van der Waals surface area (Å²) in [5, 5.41) is 28.6. The predicted octanol–water partition coefficient (Wildman–Crippen LogP) is 1.64. The monoisotopic (exact) mass is 535 g/mol. The van der Waals surface area contributed by atoms with E-state index < -0.39 is 35.6 Å². The Bertz CT molecular complexity index is 1200. The minimum atomic E-state index is -1.29. The van der Waals surface area contributed by atoms with Crippen LogP contribution in [0.1, 0.15) is 18.5 Å². The molecular formula is C15H11Cl2N7O5S3. The number of carboxylic acid groups (broad SMARTS) is 1. The average molecular weight is 536 g/mol. The van der Waals surface area contributed by atoms with E-state index in [4.69, 9.17) is 28.9 Å². The molecule has 4 heterocycles. The van der Waals surface area contributed by atoms with Gasteiger partial charge in [-0.3, -0.25) is 14.5 Å². The fraction of sp³-hybridized carbons (Fsp3) is 0.267. The minimum absolute atomic E-state index is 0.0395. The van der Waals surface area contributed by atoms with Crippen molar-refractivity contribution in [2.75, 3.05) is 5.73 Å². The summed E-state index contributed by atoms with van der Waals surface area (Å²) in [5.41, 5.74) is 4.71. The molecule has 168 valence electrons. The third-order valence-electron chi connectivity index (χ3n) is 4.66. The maximum absolute atomic E-state index is 12.8. The van der Waals surface area contributed by atoms with Gasteiger partial charge < -0.3 is 21.4 Å². The number of aliphatic carboxylic acids is 1. The third-order valence-corrected chi connectivity index (χ3v) is 8.01. The Morgan fingerprint density at radius 2 is 2.09 bits per heavy atom. The second kappa shape index (κ2) is 8.82. The highest BCUT2D eigenvalue weighted by molar-refractivity contribution is 8.03. The number of nitrogens with zero attached hydrogens (tertiary/aromatic N) is 5. The van der Waals surface area contributed by atoms with Crippen LogP contribution in [0.5, 0.6) is 0 Å². The highest BCUT2D eigenvalue weighted by Crippen LogP contribution is 2.44. The molecular weight excluding hydrogens is 525 g/mol. The smallest absolute Gasteiger partial charge is 0.353 e. The SMILES string of the molecule is Nc1nc(/C(=N/O)C(=O)N[C@@H]2C(=O)N3C(C(=O)O)=C(Sc4nnsc4Cl)CC[C@H]23)c(Cl)s1. The summed E-state index contributed by atoms with van der Waals surface area (Å²) in [4.78, 5) is 42.7. The van der Waals surface area contributed by atoms with Crippen molar-refractivity contribution in [3.05, 3.63) is 25.0 Å². The molecule has 4 rings (SSSR count). The molecule has 2 aliphatic rings. The summed E-state index contributed by atoms with van der Waals surface area (Å²) in [5.74, 6) is -2.82. The fourth-order valence-corrected chi connectivity index (χ4v) is 6.02. The first-order valence-corrected chi connectivity index (χ1v) is 11.8. The highest BCUT2D eigenvalue weighted by atomic mass is 35.5. The molecule has 2 atom stereocenters. The largest absolute Gasteiger partial charge is 0.477 e. The lowest BCUT2D eigenvalue weighted by Gasteiger charge is -2.50. The molecule has 2 aliphatic heterocycles. The molecule has 2 aromatic rings. The van der Waals surface area contributed by atoms with E-state index in [1.807, 2.05) is 0 Å². The van der Waals surface area contributed by atoms with Crippen LogP contribution in [0.2, 0.25) is 8.67 Å². The highest BCUT2D eigenvalue weighted by Gasteiger charge is 2.54. The Kier molecular flexibility index (Phi) is 6.26. The zero-order valence-electron chi connectivity index (χ0n) is 15.5. The van der Waals surface area contributed by atoms with Crippen LogP contribution in [-0.2, 0) is 14.4 Å². The summed E-state index contributed by atoms with van der Waals surface area (Å²) in [6.45, 7) is 0. The molecule has 17 heteroatoms. The van der Waals surface area contributed by atoms with Crippen LogP contribution >= 0.6 is 57.8 Å². The topological polar surface area (TPSA) is 184 Å². The zero-order valence-corrected chi connectivity index (χ0v) is 19.4. The van der Waals surface area contributed by atoms with Crippen LogP contribution in [0.3, 0.4) is 0 Å². The maximum Gasteiger partial charge on any atom is 0.353 e. The first kappa shape index (κ1) is 22.7. The number of halogens is 2. The van der Waals surface area contributed by atoms with Crippen molar-refractivity contribution in [3.8, 4) is 0 Å². The van der Waals surface area contributed by atoms with Crippen LogP contribution in [-0.4, -0.2) is 65.4 Å². The quantitative estimate of drug-likeness (QED) is 0.183. The Morgan fingerprint density at radius 3 is 2.66 bits per heavy atom. The van der Waals surface area contributed by atoms with Gasteiger partial charge in [0.25, 0.3) is 11.8 Å². The van der Waals surface area contributed by atoms with Gasteiger partial charge in [0.05, 0.1) is 6.04 Å². The van der Waals surface area contributed by atoms with Crippen molar-refractivity contribution in [1.82, 2.24) is 24.8 Å². The van der Waals surface area contributed by atoms with E-state index in [-0.39, 0.29) is 20.9 Å². The summed E-state index contributed by atoms with van der Waals surface area (Å²) in [7, 11) is 0. The minimum Gasteiger partial charge on any atom is -0.477 e. The molecule has 1 fully saturated rings. The lowest BCUT2D eigenvalue weighted by Crippen LogP contribution is -2.72. The van der Waals surface area contributed by atoms with E-state index in [0.717, 1.165) is 39.5 Å². The number of allylic oxidation sites excluding steroid dienone is 1. The number of thiazole rings is 1. The molecule has 0 spiro atoms. The molecule has 0 unspecified atom stereocenters. The summed E-state index contributed by atoms with van der Waals surface area (Å²) in [6.07, 6.45) is 0.692. The van der Waals surface area contributed by atoms with Crippen molar-refractivity contribution < 1.29 is 24.7 Å². The Morgan fingerprint density at radius 1 is 1.34 bits per heavy atom. The number of aromatic nitrogens is 3. The number of rotatable bonds is 6. The number of hydrogen-bond acceptors (Lipinski definition) is 12. The van der Waals surface area contributed by atoms with Crippen LogP contribution in [0.15, 0.2) is 20.8 Å². The van der Waals surface area contributed by atoms with Crippen molar-refractivity contribution in [3.63, 3.8) is 0 Å². The van der Waals surface area contributed by atoms with Crippen LogP contribution < -0.4 is 11.1 Å². The fourth-order valence-electron chi connectivity index (χ4n) is 3.35. The van der Waals surface area contributed by atoms with Gasteiger partial charge in [-0.05, 0) is 12.8 Å². The second-order valence-corrected chi connectivity index (χ2v) is 10.5. The summed E-state index contributed by atoms with van der Waals surface area (Å²) < 4.78 is 4.06. The number of oxime groups is 1. The van der Waals surface area contributed by atoms with Crippen LogP contribution in [0.25, 0.3) is 0 Å². The zero-order chi connectivity index (χ0) is 23.2. The molecule has 12 nitrogen and oxygen atoms in total. The molecule has 0 aliphatic carbocycles. The van der Waals surface area contributed by atoms with E-state index in [9.17, 15) is 24.7 Å². The van der Waals surface area contributed by atoms with Crippen molar-refractivity contribution >= 4 is 86.5 Å². The molecule has 0 radical (unpaired) electrons. The molecule has 1 saturated heterocycles. The first-order chi connectivity index (χ1) is 15.2. The van der Waals surface area contributed by atoms with Gasteiger partial charge in [0, 0.05) is 16.4 Å². The summed E-state index contributed by atoms with van der Waals surface area (Å²) in [6, 6.07) is -1.61. The van der Waals surface area contributed by atoms with Crippen LogP contribution in [0, 0.1) is 0 Å². The lowest BCUT2D eigenvalue weighted by atomic mass is 9.86. The number of fused-ring (bicyclic) bond motifs is 1. The van der Waals surface area contributed by atoms with Crippen LogP contribution in [0.4, 0.5) is 5.13 Å². The number of amides is 2. The van der Waals surface area contributed by atoms with Gasteiger partial charge in [0.2, 0.25) is 0 Å². The number of carbonyl (C=O) groups is 3. The third kappa shape index (κ3) is 3.90. The molecule has 2 aromatic heterocycles. The summed E-state index contributed by atoms with van der Waals surface area (Å²) >= 11 is 14.9. The van der Waals surface area contributed by atoms with E-state index in [1.54, 1.807) is 0 Å². The standard InChI is InChI=1S/C15H11Cl2N7O5S3/c16-9-6(20-15(18)31-9)7(22-29)11(25)19-5-3-1-2-4(30-12-10(17)32-23-21-12)8(14(27)28)24(3)13(5)26/h3,5,29H,1-2H2,(H2,18,20)(H,19,25)(H,27,28)/b22-7-/t3-,5+/m1/s1. The average Bonchev–Trinajstić information content (AvgIpc) is 3.30. The molecule has 0 bridgehead atoms. The number of nitrogen functional groups attached to an aromatic ring is 1. The number of carbonyl (C=O) groups excluding carboxylic acids is 2. The van der Waals surface area contributed by atoms with Crippen molar-refractivity contribution in [2.24, 2.45) is 5.16 Å². The van der Waals surface area contributed by atoms with E-state index in [1.165, 1.54) is 0 Å². The van der Waals surface area contributed by atoms with Gasteiger partial charge in [-0.1, -0.05) is 55.9 Å². The molecule has 0 saturated carbocycles. The van der Waals surface area contributed by atoms with E-state index in [2.05, 4.69) is 25.0 Å².